The summed E-state index contributed by atoms with van der Waals surface area (Å²) >= 11 is 0. The summed E-state index contributed by atoms with van der Waals surface area (Å²) in [6.07, 6.45) is 2.73. The van der Waals surface area contributed by atoms with Crippen LogP contribution in [0.25, 0.3) is 0 Å². The fourth-order valence-corrected chi connectivity index (χ4v) is 0.884. The Morgan fingerprint density at radius 1 is 1.80 bits per heavy atom. The molecular weight excluding hydrogens is 130 g/mol. The van der Waals surface area contributed by atoms with Crippen LogP contribution < -0.4 is 5.73 Å². The second kappa shape index (κ2) is 3.37. The Morgan fingerprint density at radius 2 is 2.60 bits per heavy atom. The Hall–Kier alpha value is -0.830. The van der Waals surface area contributed by atoms with E-state index in [1.165, 1.54) is 6.26 Å². The zero-order valence-electron chi connectivity index (χ0n) is 5.80. The molecule has 0 aromatic heterocycles. The normalized spacial score (nSPS) is 16.3. The van der Waals surface area contributed by atoms with Crippen LogP contribution in [0.3, 0.4) is 0 Å². The van der Waals surface area contributed by atoms with E-state index in [2.05, 4.69) is 0 Å². The molecular formula is C7H11NO2. The third-order valence-corrected chi connectivity index (χ3v) is 1.44. The molecule has 3 nitrogen and oxygen atoms in total. The van der Waals surface area contributed by atoms with Gasteiger partial charge in [0.15, 0.2) is 5.78 Å². The summed E-state index contributed by atoms with van der Waals surface area (Å²) in [5, 5.41) is 0. The van der Waals surface area contributed by atoms with E-state index in [-0.39, 0.29) is 5.78 Å². The lowest BCUT2D eigenvalue weighted by Gasteiger charge is -1.94. The minimum Gasteiger partial charge on any atom is -0.500 e. The standard InChI is InChI=1S/C7H11NO2/c8-3-1-7(9)6-2-4-10-5-6/h5H,1-4,8H2. The van der Waals surface area contributed by atoms with Crippen LogP contribution in [-0.2, 0) is 9.53 Å². The molecule has 0 atom stereocenters. The molecule has 0 saturated heterocycles. The summed E-state index contributed by atoms with van der Waals surface area (Å²) in [5.41, 5.74) is 5.99. The molecule has 0 spiro atoms. The molecule has 0 unspecified atom stereocenters. The van der Waals surface area contributed by atoms with E-state index in [0.717, 1.165) is 12.0 Å². The van der Waals surface area contributed by atoms with Gasteiger partial charge in [0.25, 0.3) is 0 Å². The van der Waals surface area contributed by atoms with Crippen molar-refractivity contribution in [1.29, 1.82) is 0 Å². The number of hydrogen-bond donors (Lipinski definition) is 1. The van der Waals surface area contributed by atoms with Crippen LogP contribution in [0.4, 0.5) is 0 Å². The van der Waals surface area contributed by atoms with Crippen LogP contribution in [0, 0.1) is 0 Å². The summed E-state index contributed by atoms with van der Waals surface area (Å²) in [5.74, 6) is 0.125. The molecule has 0 saturated carbocycles. The van der Waals surface area contributed by atoms with Crippen molar-refractivity contribution >= 4 is 5.78 Å². The molecule has 0 fully saturated rings. The Balaban J connectivity index is 2.40. The molecule has 0 aliphatic carbocycles. The van der Waals surface area contributed by atoms with Crippen molar-refractivity contribution in [2.24, 2.45) is 5.73 Å². The highest BCUT2D eigenvalue weighted by atomic mass is 16.5. The molecule has 1 heterocycles. The molecule has 0 radical (unpaired) electrons. The Kier molecular flexibility index (Phi) is 2.45. The molecule has 0 aromatic carbocycles. The Morgan fingerprint density at radius 3 is 3.10 bits per heavy atom. The van der Waals surface area contributed by atoms with Gasteiger partial charge in [0, 0.05) is 18.4 Å². The van der Waals surface area contributed by atoms with Gasteiger partial charge in [-0.1, -0.05) is 0 Å². The van der Waals surface area contributed by atoms with Gasteiger partial charge in [0.05, 0.1) is 12.9 Å². The number of rotatable bonds is 3. The second-order valence-electron chi connectivity index (χ2n) is 2.23. The highest BCUT2D eigenvalue weighted by molar-refractivity contribution is 5.95. The fourth-order valence-electron chi connectivity index (χ4n) is 0.884. The molecule has 3 heteroatoms. The van der Waals surface area contributed by atoms with Crippen molar-refractivity contribution in [3.8, 4) is 0 Å². The number of ketones is 1. The Bertz CT molecular complexity index is 163. The summed E-state index contributed by atoms with van der Waals surface area (Å²) in [4.78, 5) is 11.0. The number of hydrogen-bond acceptors (Lipinski definition) is 3. The summed E-state index contributed by atoms with van der Waals surface area (Å²) in [7, 11) is 0. The average molecular weight is 141 g/mol. The summed E-state index contributed by atoms with van der Waals surface area (Å²) in [6, 6.07) is 0. The van der Waals surface area contributed by atoms with E-state index < -0.39 is 0 Å². The van der Waals surface area contributed by atoms with Crippen molar-refractivity contribution in [2.45, 2.75) is 12.8 Å². The van der Waals surface area contributed by atoms with Crippen molar-refractivity contribution in [1.82, 2.24) is 0 Å². The predicted molar refractivity (Wildman–Crippen MR) is 37.3 cm³/mol. The van der Waals surface area contributed by atoms with Gasteiger partial charge in [-0.15, -0.1) is 0 Å². The number of ether oxygens (including phenoxy) is 1. The van der Waals surface area contributed by atoms with E-state index in [4.69, 9.17) is 10.5 Å². The van der Waals surface area contributed by atoms with E-state index in [1.54, 1.807) is 0 Å². The van der Waals surface area contributed by atoms with Crippen LogP contribution in [0.15, 0.2) is 11.8 Å². The first-order valence-corrected chi connectivity index (χ1v) is 3.38. The van der Waals surface area contributed by atoms with Crippen molar-refractivity contribution in [3.63, 3.8) is 0 Å². The van der Waals surface area contributed by atoms with E-state index in [0.29, 0.717) is 19.6 Å². The lowest BCUT2D eigenvalue weighted by Crippen LogP contribution is -2.09. The van der Waals surface area contributed by atoms with Gasteiger partial charge >= 0.3 is 0 Å². The third-order valence-electron chi connectivity index (χ3n) is 1.44. The smallest absolute Gasteiger partial charge is 0.163 e. The van der Waals surface area contributed by atoms with E-state index in [9.17, 15) is 4.79 Å². The molecule has 1 aliphatic rings. The van der Waals surface area contributed by atoms with Gasteiger partial charge in [-0.05, 0) is 6.54 Å². The maximum atomic E-state index is 11.0. The maximum Gasteiger partial charge on any atom is 0.163 e. The maximum absolute atomic E-state index is 11.0. The number of carbonyl (C=O) groups excluding carboxylic acids is 1. The van der Waals surface area contributed by atoms with Crippen LogP contribution in [0.2, 0.25) is 0 Å². The van der Waals surface area contributed by atoms with Gasteiger partial charge in [0.1, 0.15) is 0 Å². The fraction of sp³-hybridized carbons (Fsp3) is 0.571. The summed E-state index contributed by atoms with van der Waals surface area (Å²) in [6.45, 7) is 1.07. The average Bonchev–Trinajstić information content (AvgIpc) is 2.38. The van der Waals surface area contributed by atoms with Crippen LogP contribution in [0.5, 0.6) is 0 Å². The zero-order valence-corrected chi connectivity index (χ0v) is 5.80. The molecule has 0 bridgehead atoms. The topological polar surface area (TPSA) is 52.3 Å². The molecule has 1 aliphatic heterocycles. The van der Waals surface area contributed by atoms with E-state index >= 15 is 0 Å². The molecule has 56 valence electrons. The molecule has 1 rings (SSSR count). The second-order valence-corrected chi connectivity index (χ2v) is 2.23. The number of carbonyl (C=O) groups is 1. The van der Waals surface area contributed by atoms with Gasteiger partial charge < -0.3 is 10.5 Å². The van der Waals surface area contributed by atoms with E-state index in [1.807, 2.05) is 0 Å². The third kappa shape index (κ3) is 1.57. The van der Waals surface area contributed by atoms with Crippen molar-refractivity contribution in [2.75, 3.05) is 13.2 Å². The predicted octanol–water partition coefficient (Wildman–Crippen LogP) is 0.209. The summed E-state index contributed by atoms with van der Waals surface area (Å²) < 4.78 is 4.90. The van der Waals surface area contributed by atoms with Gasteiger partial charge in [-0.25, -0.2) is 0 Å². The van der Waals surface area contributed by atoms with Gasteiger partial charge in [0.2, 0.25) is 0 Å². The van der Waals surface area contributed by atoms with Gasteiger partial charge in [-0.3, -0.25) is 4.79 Å². The Labute approximate surface area is 59.8 Å². The first-order valence-electron chi connectivity index (χ1n) is 3.38. The minimum atomic E-state index is 0.125. The number of nitrogens with two attached hydrogens (primary N) is 1. The quantitative estimate of drug-likeness (QED) is 0.611. The lowest BCUT2D eigenvalue weighted by molar-refractivity contribution is -0.115. The number of Topliss-reactive ketones (excluding diaryl/α,β-unsaturated/α-hetero) is 1. The van der Waals surface area contributed by atoms with Crippen LogP contribution >= 0.6 is 0 Å². The first-order chi connectivity index (χ1) is 4.84. The monoisotopic (exact) mass is 141 g/mol. The molecule has 0 aromatic rings. The first kappa shape index (κ1) is 7.28. The van der Waals surface area contributed by atoms with Crippen molar-refractivity contribution < 1.29 is 9.53 Å². The molecule has 2 N–H and O–H groups in total. The highest BCUT2D eigenvalue weighted by Gasteiger charge is 2.12. The van der Waals surface area contributed by atoms with Crippen molar-refractivity contribution in [3.05, 3.63) is 11.8 Å². The molecule has 10 heavy (non-hydrogen) atoms. The van der Waals surface area contributed by atoms with Crippen LogP contribution in [-0.4, -0.2) is 18.9 Å². The minimum absolute atomic E-state index is 0.125. The molecule has 0 amide bonds. The largest absolute Gasteiger partial charge is 0.500 e. The van der Waals surface area contributed by atoms with Crippen LogP contribution in [0.1, 0.15) is 12.8 Å². The lowest BCUT2D eigenvalue weighted by atomic mass is 10.1. The van der Waals surface area contributed by atoms with Gasteiger partial charge in [-0.2, -0.15) is 0 Å². The highest BCUT2D eigenvalue weighted by Crippen LogP contribution is 2.11. The zero-order chi connectivity index (χ0) is 7.40. The SMILES string of the molecule is NCCC(=O)C1=COCC1.